The normalized spacial score (nSPS) is 16.4. The van der Waals surface area contributed by atoms with Crippen LogP contribution in [0.15, 0.2) is 18.2 Å². The van der Waals surface area contributed by atoms with Crippen molar-refractivity contribution in [2.75, 3.05) is 18.5 Å². The highest BCUT2D eigenvalue weighted by atomic mass is 16.3. The van der Waals surface area contributed by atoms with Gasteiger partial charge < -0.3 is 15.7 Å². The van der Waals surface area contributed by atoms with E-state index in [0.717, 1.165) is 25.1 Å². The number of aliphatic hydroxyl groups excluding tert-OH is 1. The second kappa shape index (κ2) is 5.61. The van der Waals surface area contributed by atoms with Crippen molar-refractivity contribution in [3.63, 3.8) is 0 Å². The smallest absolute Gasteiger partial charge is 0.251 e. The molecule has 19 heavy (non-hydrogen) atoms. The molecule has 0 saturated carbocycles. The lowest BCUT2D eigenvalue weighted by Crippen LogP contribution is -2.46. The van der Waals surface area contributed by atoms with Crippen LogP contribution in [0.3, 0.4) is 0 Å². The van der Waals surface area contributed by atoms with Crippen LogP contribution in [-0.2, 0) is 6.42 Å². The average molecular weight is 262 g/mol. The molecular weight excluding hydrogens is 240 g/mol. The predicted molar refractivity (Wildman–Crippen MR) is 76.5 cm³/mol. The second-order valence-corrected chi connectivity index (χ2v) is 5.39. The molecule has 0 fully saturated rings. The molecule has 4 nitrogen and oxygen atoms in total. The van der Waals surface area contributed by atoms with E-state index in [1.807, 2.05) is 32.0 Å². The Morgan fingerprint density at radius 3 is 3.00 bits per heavy atom. The molecule has 0 spiro atoms. The lowest BCUT2D eigenvalue weighted by molar-refractivity contribution is 0.0886. The number of carbonyl (C=O) groups excluding carboxylic acids is 1. The Bertz CT molecular complexity index is 473. The third kappa shape index (κ3) is 3.07. The van der Waals surface area contributed by atoms with Crippen molar-refractivity contribution >= 4 is 11.6 Å². The van der Waals surface area contributed by atoms with Gasteiger partial charge in [0.15, 0.2) is 0 Å². The highest BCUT2D eigenvalue weighted by Crippen LogP contribution is 2.24. The maximum absolute atomic E-state index is 12.3. The molecule has 1 aromatic rings. The Hall–Kier alpha value is -1.55. The molecule has 0 aromatic heterocycles. The standard InChI is InChI=1S/C15H22N2O2/c1-3-15(2,7-9-18)17-14(19)12-5-4-11-6-8-16-13(11)10-12/h4-5,10,16,18H,3,6-9H2,1-2H3,(H,17,19). The number of aliphatic hydroxyl groups is 1. The molecule has 0 aliphatic carbocycles. The molecule has 1 aliphatic rings. The molecular formula is C15H22N2O2. The van der Waals surface area contributed by atoms with Crippen molar-refractivity contribution in [2.45, 2.75) is 38.6 Å². The van der Waals surface area contributed by atoms with Gasteiger partial charge in [-0.25, -0.2) is 0 Å². The van der Waals surface area contributed by atoms with Gasteiger partial charge in [0.1, 0.15) is 0 Å². The van der Waals surface area contributed by atoms with E-state index in [2.05, 4.69) is 10.6 Å². The van der Waals surface area contributed by atoms with Crippen molar-refractivity contribution in [2.24, 2.45) is 0 Å². The minimum Gasteiger partial charge on any atom is -0.396 e. The van der Waals surface area contributed by atoms with Gasteiger partial charge in [0.2, 0.25) is 0 Å². The summed E-state index contributed by atoms with van der Waals surface area (Å²) in [6.45, 7) is 5.00. The summed E-state index contributed by atoms with van der Waals surface area (Å²) >= 11 is 0. The van der Waals surface area contributed by atoms with Crippen LogP contribution < -0.4 is 10.6 Å². The van der Waals surface area contributed by atoms with Crippen LogP contribution in [0.2, 0.25) is 0 Å². The quantitative estimate of drug-likeness (QED) is 0.760. The molecule has 1 aromatic carbocycles. The van der Waals surface area contributed by atoms with Crippen LogP contribution in [0.5, 0.6) is 0 Å². The second-order valence-electron chi connectivity index (χ2n) is 5.39. The molecule has 0 radical (unpaired) electrons. The summed E-state index contributed by atoms with van der Waals surface area (Å²) in [4.78, 5) is 12.3. The van der Waals surface area contributed by atoms with Gasteiger partial charge in [-0.2, -0.15) is 0 Å². The first-order valence-electron chi connectivity index (χ1n) is 6.88. The van der Waals surface area contributed by atoms with Gasteiger partial charge >= 0.3 is 0 Å². The fraction of sp³-hybridized carbons (Fsp3) is 0.533. The van der Waals surface area contributed by atoms with Crippen molar-refractivity contribution in [1.29, 1.82) is 0 Å². The topological polar surface area (TPSA) is 61.4 Å². The molecule has 1 amide bonds. The van der Waals surface area contributed by atoms with Crippen LogP contribution in [0.1, 0.15) is 42.6 Å². The molecule has 1 aliphatic heterocycles. The molecule has 1 atom stereocenters. The van der Waals surface area contributed by atoms with Crippen LogP contribution in [0, 0.1) is 0 Å². The van der Waals surface area contributed by atoms with Gasteiger partial charge in [0, 0.05) is 29.9 Å². The molecule has 3 N–H and O–H groups in total. The van der Waals surface area contributed by atoms with E-state index in [0.29, 0.717) is 12.0 Å². The van der Waals surface area contributed by atoms with E-state index in [1.54, 1.807) is 0 Å². The van der Waals surface area contributed by atoms with E-state index >= 15 is 0 Å². The van der Waals surface area contributed by atoms with E-state index in [-0.39, 0.29) is 18.1 Å². The Morgan fingerprint density at radius 1 is 1.53 bits per heavy atom. The van der Waals surface area contributed by atoms with Crippen molar-refractivity contribution in [3.8, 4) is 0 Å². The van der Waals surface area contributed by atoms with Gasteiger partial charge in [-0.1, -0.05) is 13.0 Å². The average Bonchev–Trinajstić information content (AvgIpc) is 2.86. The minimum absolute atomic E-state index is 0.0747. The molecule has 1 unspecified atom stereocenters. The van der Waals surface area contributed by atoms with Crippen LogP contribution >= 0.6 is 0 Å². The third-order valence-electron chi connectivity index (χ3n) is 3.94. The van der Waals surface area contributed by atoms with Gasteiger partial charge in [0.05, 0.1) is 0 Å². The Kier molecular flexibility index (Phi) is 4.10. The first-order chi connectivity index (χ1) is 9.08. The van der Waals surface area contributed by atoms with Gasteiger partial charge in [-0.3, -0.25) is 4.79 Å². The molecule has 2 rings (SSSR count). The number of hydrogen-bond donors (Lipinski definition) is 3. The van der Waals surface area contributed by atoms with Gasteiger partial charge in [-0.15, -0.1) is 0 Å². The summed E-state index contributed by atoms with van der Waals surface area (Å²) in [5.74, 6) is -0.0747. The van der Waals surface area contributed by atoms with Crippen molar-refractivity contribution in [3.05, 3.63) is 29.3 Å². The number of nitrogens with one attached hydrogen (secondary N) is 2. The lowest BCUT2D eigenvalue weighted by atomic mass is 9.94. The largest absolute Gasteiger partial charge is 0.396 e. The number of amides is 1. The first kappa shape index (κ1) is 13.9. The van der Waals surface area contributed by atoms with E-state index in [4.69, 9.17) is 5.11 Å². The summed E-state index contributed by atoms with van der Waals surface area (Å²) < 4.78 is 0. The van der Waals surface area contributed by atoms with E-state index in [1.165, 1.54) is 5.56 Å². The van der Waals surface area contributed by atoms with Crippen molar-refractivity contribution < 1.29 is 9.90 Å². The predicted octanol–water partition coefficient (Wildman–Crippen LogP) is 1.94. The Balaban J connectivity index is 2.11. The van der Waals surface area contributed by atoms with E-state index < -0.39 is 0 Å². The minimum atomic E-state index is -0.349. The number of rotatable bonds is 5. The van der Waals surface area contributed by atoms with Crippen LogP contribution in [-0.4, -0.2) is 29.7 Å². The molecule has 0 bridgehead atoms. The SMILES string of the molecule is CCC(C)(CCO)NC(=O)c1ccc2c(c1)NCC2. The summed E-state index contributed by atoms with van der Waals surface area (Å²) in [6.07, 6.45) is 2.38. The van der Waals surface area contributed by atoms with Crippen molar-refractivity contribution in [1.82, 2.24) is 5.32 Å². The Morgan fingerprint density at radius 2 is 2.32 bits per heavy atom. The fourth-order valence-corrected chi connectivity index (χ4v) is 2.35. The van der Waals surface area contributed by atoms with Crippen LogP contribution in [0.25, 0.3) is 0 Å². The third-order valence-corrected chi connectivity index (χ3v) is 3.94. The number of hydrogen-bond acceptors (Lipinski definition) is 3. The molecule has 1 heterocycles. The summed E-state index contributed by atoms with van der Waals surface area (Å²) in [5, 5.41) is 15.4. The molecule has 0 saturated heterocycles. The highest BCUT2D eigenvalue weighted by Gasteiger charge is 2.24. The number of fused-ring (bicyclic) bond motifs is 1. The number of carbonyl (C=O) groups is 1. The zero-order valence-corrected chi connectivity index (χ0v) is 11.6. The number of anilines is 1. The molecule has 4 heteroatoms. The van der Waals surface area contributed by atoms with E-state index in [9.17, 15) is 4.79 Å². The fourth-order valence-electron chi connectivity index (χ4n) is 2.35. The maximum atomic E-state index is 12.3. The summed E-state index contributed by atoms with van der Waals surface area (Å²) in [7, 11) is 0. The van der Waals surface area contributed by atoms with Gasteiger partial charge in [-0.05, 0) is 43.9 Å². The highest BCUT2D eigenvalue weighted by molar-refractivity contribution is 5.96. The zero-order valence-electron chi connectivity index (χ0n) is 11.6. The first-order valence-corrected chi connectivity index (χ1v) is 6.88. The maximum Gasteiger partial charge on any atom is 0.251 e. The summed E-state index contributed by atoms with van der Waals surface area (Å²) in [6, 6.07) is 5.79. The monoisotopic (exact) mass is 262 g/mol. The molecule has 104 valence electrons. The zero-order chi connectivity index (χ0) is 13.9. The lowest BCUT2D eigenvalue weighted by Gasteiger charge is -2.29. The van der Waals surface area contributed by atoms with Crippen LogP contribution in [0.4, 0.5) is 5.69 Å². The van der Waals surface area contributed by atoms with Gasteiger partial charge in [0.25, 0.3) is 5.91 Å². The number of benzene rings is 1. The summed E-state index contributed by atoms with van der Waals surface area (Å²) in [5.41, 5.74) is 2.65. The Labute approximate surface area is 114 Å².